The Balaban J connectivity index is 1.74. The predicted molar refractivity (Wildman–Crippen MR) is 141 cm³/mol. The van der Waals surface area contributed by atoms with Gasteiger partial charge in [0.05, 0.1) is 0 Å². The molecule has 1 saturated heterocycles. The van der Waals surface area contributed by atoms with E-state index in [4.69, 9.17) is 0 Å². The summed E-state index contributed by atoms with van der Waals surface area (Å²) in [5.74, 6) is -0.504. The summed E-state index contributed by atoms with van der Waals surface area (Å²) in [4.78, 5) is 43.0. The highest BCUT2D eigenvalue weighted by molar-refractivity contribution is 6.00. The van der Waals surface area contributed by atoms with Gasteiger partial charge in [0, 0.05) is 18.8 Å². The molecule has 0 saturated carbocycles. The van der Waals surface area contributed by atoms with Crippen molar-refractivity contribution in [1.29, 1.82) is 0 Å². The molecule has 192 valence electrons. The Kier molecular flexibility index (Phi) is 7.67. The Labute approximate surface area is 214 Å². The summed E-state index contributed by atoms with van der Waals surface area (Å²) < 4.78 is 0. The van der Waals surface area contributed by atoms with Gasteiger partial charge >= 0.3 is 0 Å². The fraction of sp³-hybridized carbons (Fsp3) is 0.483. The van der Waals surface area contributed by atoms with Gasteiger partial charge in [-0.2, -0.15) is 0 Å². The number of hydrogen-bond acceptors (Lipinski definition) is 4. The number of piperazine rings is 1. The normalized spacial score (nSPS) is 20.9. The predicted octanol–water partition coefficient (Wildman–Crippen LogP) is 3.45. The number of anilines is 1. The van der Waals surface area contributed by atoms with Crippen molar-refractivity contribution in [3.05, 3.63) is 65.2 Å². The van der Waals surface area contributed by atoms with Gasteiger partial charge in [0.1, 0.15) is 18.1 Å². The molecule has 36 heavy (non-hydrogen) atoms. The van der Waals surface area contributed by atoms with Crippen LogP contribution in [-0.4, -0.2) is 47.8 Å². The molecule has 3 atom stereocenters. The van der Waals surface area contributed by atoms with Gasteiger partial charge in [-0.05, 0) is 73.8 Å². The van der Waals surface area contributed by atoms with Crippen LogP contribution in [0.4, 0.5) is 5.69 Å². The number of nitrogens with zero attached hydrogens (tertiary/aromatic N) is 1. The number of nitrogens with one attached hydrogen (secondary N) is 3. The number of fused-ring (bicyclic) bond motifs is 1. The van der Waals surface area contributed by atoms with E-state index in [9.17, 15) is 14.4 Å². The van der Waals surface area contributed by atoms with Gasteiger partial charge in [0.25, 0.3) is 0 Å². The van der Waals surface area contributed by atoms with E-state index in [1.165, 1.54) is 11.1 Å². The Hall–Kier alpha value is -3.35. The van der Waals surface area contributed by atoms with Crippen LogP contribution in [0.25, 0.3) is 0 Å². The quantitative estimate of drug-likeness (QED) is 0.529. The van der Waals surface area contributed by atoms with E-state index in [1.807, 2.05) is 71.1 Å². The Bertz CT molecular complexity index is 1090. The molecule has 3 N–H and O–H groups in total. The minimum atomic E-state index is -0.896. The van der Waals surface area contributed by atoms with E-state index in [1.54, 1.807) is 4.90 Å². The first-order chi connectivity index (χ1) is 17.2. The standard InChI is InChI=1S/C29H38N4O3/c1-17(2)14-24-27(34)32-25(22-15-20-8-6-7-9-21(20)16-22)29(36)33(24)26(28(35)31-18(3)4)19-10-12-23(30-5)13-11-19/h6-13,17-18,22,24-26,30H,14-16H2,1-5H3,(H,31,35)(H,32,34). The minimum absolute atomic E-state index is 0.0400. The molecule has 1 fully saturated rings. The van der Waals surface area contributed by atoms with E-state index in [0.717, 1.165) is 18.5 Å². The largest absolute Gasteiger partial charge is 0.388 e. The lowest BCUT2D eigenvalue weighted by Gasteiger charge is -2.45. The fourth-order valence-corrected chi connectivity index (χ4v) is 5.51. The first-order valence-electron chi connectivity index (χ1n) is 13.0. The fourth-order valence-electron chi connectivity index (χ4n) is 5.51. The molecule has 3 amide bonds. The van der Waals surface area contributed by atoms with Crippen molar-refractivity contribution in [3.63, 3.8) is 0 Å². The van der Waals surface area contributed by atoms with E-state index in [-0.39, 0.29) is 35.6 Å². The first kappa shape index (κ1) is 25.7. The topological polar surface area (TPSA) is 90.5 Å². The van der Waals surface area contributed by atoms with Gasteiger partial charge in [-0.3, -0.25) is 14.4 Å². The maximum absolute atomic E-state index is 14.2. The van der Waals surface area contributed by atoms with E-state index in [0.29, 0.717) is 12.0 Å². The van der Waals surface area contributed by atoms with Gasteiger partial charge in [0.15, 0.2) is 0 Å². The molecule has 0 bridgehead atoms. The number of benzene rings is 2. The zero-order valence-electron chi connectivity index (χ0n) is 21.9. The monoisotopic (exact) mass is 490 g/mol. The molecule has 2 aromatic carbocycles. The van der Waals surface area contributed by atoms with E-state index in [2.05, 4.69) is 28.1 Å². The summed E-state index contributed by atoms with van der Waals surface area (Å²) in [5.41, 5.74) is 4.04. The SMILES string of the molecule is CNc1ccc(C(C(=O)NC(C)C)N2C(=O)C(C3Cc4ccccc4C3)NC(=O)C2CC(C)C)cc1. The summed E-state index contributed by atoms with van der Waals surface area (Å²) in [7, 11) is 1.83. The maximum atomic E-state index is 14.2. The Morgan fingerprint density at radius 3 is 2.14 bits per heavy atom. The number of carbonyl (C=O) groups excluding carboxylic acids is 3. The number of rotatable bonds is 8. The third-order valence-corrected chi connectivity index (χ3v) is 7.18. The second kappa shape index (κ2) is 10.7. The molecule has 7 heteroatoms. The van der Waals surface area contributed by atoms with Crippen molar-refractivity contribution < 1.29 is 14.4 Å². The summed E-state index contributed by atoms with van der Waals surface area (Å²) in [6.07, 6.45) is 1.94. The van der Waals surface area contributed by atoms with Crippen LogP contribution in [0, 0.1) is 11.8 Å². The molecule has 2 aliphatic rings. The van der Waals surface area contributed by atoms with Gasteiger partial charge < -0.3 is 20.9 Å². The van der Waals surface area contributed by atoms with Crippen molar-refractivity contribution >= 4 is 23.4 Å². The molecule has 1 aliphatic heterocycles. The molecule has 1 aliphatic carbocycles. The average Bonchev–Trinajstić information content (AvgIpc) is 3.27. The number of hydrogen-bond donors (Lipinski definition) is 3. The van der Waals surface area contributed by atoms with Crippen LogP contribution in [0.3, 0.4) is 0 Å². The van der Waals surface area contributed by atoms with E-state index < -0.39 is 18.1 Å². The van der Waals surface area contributed by atoms with Crippen LogP contribution in [0.5, 0.6) is 0 Å². The van der Waals surface area contributed by atoms with E-state index >= 15 is 0 Å². The van der Waals surface area contributed by atoms with Crippen molar-refractivity contribution in [2.75, 3.05) is 12.4 Å². The lowest BCUT2D eigenvalue weighted by atomic mass is 9.88. The molecule has 4 rings (SSSR count). The van der Waals surface area contributed by atoms with Crippen molar-refractivity contribution in [2.24, 2.45) is 11.8 Å². The zero-order chi connectivity index (χ0) is 26.0. The minimum Gasteiger partial charge on any atom is -0.388 e. The van der Waals surface area contributed by atoms with Crippen molar-refractivity contribution in [1.82, 2.24) is 15.5 Å². The summed E-state index contributed by atoms with van der Waals surface area (Å²) >= 11 is 0. The molecule has 2 aromatic rings. The second-order valence-corrected chi connectivity index (χ2v) is 10.8. The summed E-state index contributed by atoms with van der Waals surface area (Å²) in [5, 5.41) is 9.15. The Morgan fingerprint density at radius 1 is 1.00 bits per heavy atom. The Morgan fingerprint density at radius 2 is 1.61 bits per heavy atom. The van der Waals surface area contributed by atoms with Crippen LogP contribution in [0.15, 0.2) is 48.5 Å². The highest BCUT2D eigenvalue weighted by atomic mass is 16.2. The van der Waals surface area contributed by atoms with Gasteiger partial charge in [-0.25, -0.2) is 0 Å². The van der Waals surface area contributed by atoms with Crippen LogP contribution in [-0.2, 0) is 27.2 Å². The number of amides is 3. The lowest BCUT2D eigenvalue weighted by molar-refractivity contribution is -0.158. The highest BCUT2D eigenvalue weighted by Crippen LogP contribution is 2.35. The van der Waals surface area contributed by atoms with Gasteiger partial charge in [0.2, 0.25) is 17.7 Å². The van der Waals surface area contributed by atoms with Crippen LogP contribution >= 0.6 is 0 Å². The van der Waals surface area contributed by atoms with Gasteiger partial charge in [-0.1, -0.05) is 50.2 Å². The highest BCUT2D eigenvalue weighted by Gasteiger charge is 2.49. The molecule has 1 heterocycles. The molecule has 0 radical (unpaired) electrons. The molecular weight excluding hydrogens is 452 g/mol. The summed E-state index contributed by atoms with van der Waals surface area (Å²) in [6.45, 7) is 7.85. The van der Waals surface area contributed by atoms with Crippen LogP contribution in [0.2, 0.25) is 0 Å². The summed E-state index contributed by atoms with van der Waals surface area (Å²) in [6, 6.07) is 13.3. The molecule has 3 unspecified atom stereocenters. The maximum Gasteiger partial charge on any atom is 0.247 e. The third kappa shape index (κ3) is 5.25. The molecular formula is C29H38N4O3. The van der Waals surface area contributed by atoms with Crippen LogP contribution < -0.4 is 16.0 Å². The smallest absolute Gasteiger partial charge is 0.247 e. The number of carbonyl (C=O) groups is 3. The third-order valence-electron chi connectivity index (χ3n) is 7.18. The van der Waals surface area contributed by atoms with Crippen molar-refractivity contribution in [3.8, 4) is 0 Å². The van der Waals surface area contributed by atoms with Crippen molar-refractivity contribution in [2.45, 2.75) is 71.1 Å². The zero-order valence-corrected chi connectivity index (χ0v) is 21.9. The molecule has 0 aromatic heterocycles. The lowest BCUT2D eigenvalue weighted by Crippen LogP contribution is -2.67. The first-order valence-corrected chi connectivity index (χ1v) is 13.0. The average molecular weight is 491 g/mol. The molecule has 7 nitrogen and oxygen atoms in total. The second-order valence-electron chi connectivity index (χ2n) is 10.8. The van der Waals surface area contributed by atoms with Gasteiger partial charge in [-0.15, -0.1) is 0 Å². The molecule has 0 spiro atoms. The van der Waals surface area contributed by atoms with Crippen LogP contribution in [0.1, 0.15) is 56.8 Å².